The van der Waals surface area contributed by atoms with Crippen molar-refractivity contribution in [2.75, 3.05) is 13.1 Å². The zero-order chi connectivity index (χ0) is 21.6. The molecular weight excluding hydrogens is 406 g/mol. The van der Waals surface area contributed by atoms with Gasteiger partial charge in [0.1, 0.15) is 12.2 Å². The number of allylic oxidation sites excluding steroid dienone is 4. The molecule has 1 aliphatic heterocycles. The minimum absolute atomic E-state index is 0.0408. The summed E-state index contributed by atoms with van der Waals surface area (Å²) in [6.07, 6.45) is 10.1. The number of benzene rings is 1. The standard InChI is InChI=1S/C26H28ClN3O/c1-19(31-26-12-7-21(15-28)16-29-26)24-13-14-30(17-20-5-3-2-4-6-20)18-25(24)22-8-10-23(27)11-9-22/h2-8,10-12,16,19,22,24-25H,9,13-14,17-18H2,1H3/t19-,22?,24+,25+/m0/s1. The Morgan fingerprint density at radius 3 is 2.77 bits per heavy atom. The summed E-state index contributed by atoms with van der Waals surface area (Å²) in [5.41, 5.74) is 1.90. The number of rotatable bonds is 6. The Hall–Kier alpha value is -2.61. The first-order valence-corrected chi connectivity index (χ1v) is 11.3. The van der Waals surface area contributed by atoms with Gasteiger partial charge in [0.05, 0.1) is 5.56 Å². The fourth-order valence-electron chi connectivity index (χ4n) is 4.81. The lowest BCUT2D eigenvalue weighted by Gasteiger charge is -2.44. The quantitative estimate of drug-likeness (QED) is 0.598. The van der Waals surface area contributed by atoms with Gasteiger partial charge in [-0.15, -0.1) is 0 Å². The lowest BCUT2D eigenvalue weighted by atomic mass is 9.72. The molecule has 5 heteroatoms. The molecule has 0 radical (unpaired) electrons. The normalized spacial score (nSPS) is 24.8. The average molecular weight is 434 g/mol. The smallest absolute Gasteiger partial charge is 0.213 e. The van der Waals surface area contributed by atoms with E-state index >= 15 is 0 Å². The first-order chi connectivity index (χ1) is 15.1. The molecule has 0 N–H and O–H groups in total. The molecule has 160 valence electrons. The van der Waals surface area contributed by atoms with Crippen LogP contribution in [0, 0.1) is 29.1 Å². The predicted octanol–water partition coefficient (Wildman–Crippen LogP) is 5.56. The second kappa shape index (κ2) is 10.1. The highest BCUT2D eigenvalue weighted by Gasteiger charge is 2.38. The molecule has 0 amide bonds. The number of halogens is 1. The predicted molar refractivity (Wildman–Crippen MR) is 124 cm³/mol. The second-order valence-electron chi connectivity index (χ2n) is 8.50. The minimum atomic E-state index is 0.0408. The lowest BCUT2D eigenvalue weighted by molar-refractivity contribution is 0.0180. The number of hydrogen-bond donors (Lipinski definition) is 0. The molecular formula is C26H28ClN3O. The monoisotopic (exact) mass is 433 g/mol. The van der Waals surface area contributed by atoms with Gasteiger partial charge < -0.3 is 4.74 Å². The topological polar surface area (TPSA) is 49.1 Å². The van der Waals surface area contributed by atoms with Crippen molar-refractivity contribution in [2.45, 2.75) is 32.4 Å². The van der Waals surface area contributed by atoms with E-state index in [9.17, 15) is 0 Å². The number of nitrogens with zero attached hydrogens (tertiary/aromatic N) is 3. The van der Waals surface area contributed by atoms with Crippen molar-refractivity contribution in [1.82, 2.24) is 9.88 Å². The molecule has 0 bridgehead atoms. The third kappa shape index (κ3) is 5.55. The first kappa shape index (κ1) is 21.6. The Kier molecular flexibility index (Phi) is 7.06. The zero-order valence-electron chi connectivity index (χ0n) is 17.8. The van der Waals surface area contributed by atoms with Crippen LogP contribution in [-0.2, 0) is 6.54 Å². The van der Waals surface area contributed by atoms with Crippen LogP contribution < -0.4 is 4.74 Å². The van der Waals surface area contributed by atoms with E-state index in [1.54, 1.807) is 18.3 Å². The molecule has 1 aromatic heterocycles. The van der Waals surface area contributed by atoms with Gasteiger partial charge in [0, 0.05) is 36.3 Å². The van der Waals surface area contributed by atoms with Gasteiger partial charge in [-0.3, -0.25) is 4.90 Å². The molecule has 0 spiro atoms. The van der Waals surface area contributed by atoms with E-state index in [1.807, 2.05) is 6.08 Å². The molecule has 1 aliphatic carbocycles. The fourth-order valence-corrected chi connectivity index (χ4v) is 4.98. The molecule has 2 aromatic rings. The Bertz CT molecular complexity index is 964. The van der Waals surface area contributed by atoms with Crippen LogP contribution in [0.4, 0.5) is 0 Å². The number of ether oxygens (including phenoxy) is 1. The van der Waals surface area contributed by atoms with Crippen molar-refractivity contribution in [3.63, 3.8) is 0 Å². The van der Waals surface area contributed by atoms with Crippen molar-refractivity contribution in [1.29, 1.82) is 5.26 Å². The second-order valence-corrected chi connectivity index (χ2v) is 8.94. The maximum Gasteiger partial charge on any atom is 0.213 e. The Morgan fingerprint density at radius 1 is 1.26 bits per heavy atom. The van der Waals surface area contributed by atoms with Crippen LogP contribution in [0.1, 0.15) is 30.9 Å². The molecule has 1 saturated heterocycles. The highest BCUT2D eigenvalue weighted by molar-refractivity contribution is 6.31. The molecule has 1 unspecified atom stereocenters. The highest BCUT2D eigenvalue weighted by Crippen LogP contribution is 2.38. The van der Waals surface area contributed by atoms with Crippen LogP contribution in [-0.4, -0.2) is 29.1 Å². The van der Waals surface area contributed by atoms with E-state index in [0.29, 0.717) is 29.2 Å². The third-order valence-electron chi connectivity index (χ3n) is 6.46. The fraction of sp³-hybridized carbons (Fsp3) is 0.385. The van der Waals surface area contributed by atoms with E-state index in [2.05, 4.69) is 65.4 Å². The molecule has 4 rings (SSSR count). The number of piperidine rings is 1. The van der Waals surface area contributed by atoms with Crippen LogP contribution in [0.2, 0.25) is 0 Å². The van der Waals surface area contributed by atoms with Crippen LogP contribution in [0.15, 0.2) is 71.9 Å². The summed E-state index contributed by atoms with van der Waals surface area (Å²) in [4.78, 5) is 6.87. The van der Waals surface area contributed by atoms with E-state index in [-0.39, 0.29) is 6.10 Å². The van der Waals surface area contributed by atoms with Gasteiger partial charge in [0.25, 0.3) is 0 Å². The summed E-state index contributed by atoms with van der Waals surface area (Å²) in [7, 11) is 0. The molecule has 1 fully saturated rings. The van der Waals surface area contributed by atoms with Crippen molar-refractivity contribution in [3.8, 4) is 11.9 Å². The van der Waals surface area contributed by atoms with Crippen LogP contribution >= 0.6 is 11.6 Å². The van der Waals surface area contributed by atoms with Gasteiger partial charge >= 0.3 is 0 Å². The summed E-state index contributed by atoms with van der Waals surface area (Å²) < 4.78 is 6.24. The van der Waals surface area contributed by atoms with Crippen molar-refractivity contribution in [2.24, 2.45) is 17.8 Å². The van der Waals surface area contributed by atoms with Gasteiger partial charge in [-0.1, -0.05) is 54.1 Å². The molecule has 0 saturated carbocycles. The maximum atomic E-state index is 8.99. The molecule has 4 atom stereocenters. The molecule has 2 heterocycles. The summed E-state index contributed by atoms with van der Waals surface area (Å²) in [6, 6.07) is 16.3. The summed E-state index contributed by atoms with van der Waals surface area (Å²) in [5, 5.41) is 9.82. The van der Waals surface area contributed by atoms with Gasteiger partial charge in [-0.25, -0.2) is 4.98 Å². The van der Waals surface area contributed by atoms with Gasteiger partial charge in [0.2, 0.25) is 5.88 Å². The Balaban J connectivity index is 1.48. The number of likely N-dealkylation sites (tertiary alicyclic amines) is 1. The van der Waals surface area contributed by atoms with Crippen molar-refractivity contribution >= 4 is 11.6 Å². The summed E-state index contributed by atoms with van der Waals surface area (Å²) in [6.45, 7) is 5.22. The van der Waals surface area contributed by atoms with E-state index in [1.165, 1.54) is 5.56 Å². The van der Waals surface area contributed by atoms with Gasteiger partial charge in [-0.05, 0) is 55.9 Å². The minimum Gasteiger partial charge on any atom is -0.474 e. The van der Waals surface area contributed by atoms with E-state index in [4.69, 9.17) is 21.6 Å². The maximum absolute atomic E-state index is 8.99. The Morgan fingerprint density at radius 2 is 2.10 bits per heavy atom. The highest BCUT2D eigenvalue weighted by atomic mass is 35.5. The third-order valence-corrected chi connectivity index (χ3v) is 6.74. The van der Waals surface area contributed by atoms with Crippen LogP contribution in [0.3, 0.4) is 0 Å². The number of aromatic nitrogens is 1. The lowest BCUT2D eigenvalue weighted by Crippen LogP contribution is -2.47. The van der Waals surface area contributed by atoms with E-state index in [0.717, 1.165) is 37.5 Å². The van der Waals surface area contributed by atoms with E-state index < -0.39 is 0 Å². The number of pyridine rings is 1. The van der Waals surface area contributed by atoms with Crippen molar-refractivity contribution < 1.29 is 4.74 Å². The summed E-state index contributed by atoms with van der Waals surface area (Å²) in [5.74, 6) is 1.93. The molecule has 2 aliphatic rings. The van der Waals surface area contributed by atoms with Crippen molar-refractivity contribution in [3.05, 3.63) is 83.0 Å². The first-order valence-electron chi connectivity index (χ1n) is 11.0. The molecule has 1 aromatic carbocycles. The number of nitriles is 1. The Labute approximate surface area is 189 Å². The van der Waals surface area contributed by atoms with Crippen LogP contribution in [0.5, 0.6) is 5.88 Å². The average Bonchev–Trinajstić information content (AvgIpc) is 2.81. The van der Waals surface area contributed by atoms with Gasteiger partial charge in [-0.2, -0.15) is 5.26 Å². The van der Waals surface area contributed by atoms with Gasteiger partial charge in [0.15, 0.2) is 0 Å². The largest absolute Gasteiger partial charge is 0.474 e. The van der Waals surface area contributed by atoms with Crippen LogP contribution in [0.25, 0.3) is 0 Å². The molecule has 31 heavy (non-hydrogen) atoms. The molecule has 4 nitrogen and oxygen atoms in total. The summed E-state index contributed by atoms with van der Waals surface area (Å²) >= 11 is 6.20. The number of hydrogen-bond acceptors (Lipinski definition) is 4. The SMILES string of the molecule is C[C@H](Oc1ccc(C#N)cn1)[C@H]1CCN(Cc2ccccc2)C[C@@H]1C1C=CC(Cl)=CC1. The zero-order valence-corrected chi connectivity index (χ0v) is 18.6.